The summed E-state index contributed by atoms with van der Waals surface area (Å²) < 4.78 is 12.3. The van der Waals surface area contributed by atoms with Crippen LogP contribution in [0.5, 0.6) is 11.5 Å². The van der Waals surface area contributed by atoms with Crippen molar-refractivity contribution < 1.29 is 14.3 Å². The van der Waals surface area contributed by atoms with Gasteiger partial charge < -0.3 is 19.7 Å². The molecule has 5 nitrogen and oxygen atoms in total. The summed E-state index contributed by atoms with van der Waals surface area (Å²) in [7, 11) is 0. The van der Waals surface area contributed by atoms with E-state index in [1.807, 2.05) is 38.1 Å². The van der Waals surface area contributed by atoms with Crippen LogP contribution in [0.4, 0.5) is 5.69 Å². The van der Waals surface area contributed by atoms with E-state index in [9.17, 15) is 4.79 Å². The molecular weight excluding hydrogens is 388 g/mol. The lowest BCUT2D eigenvalue weighted by Crippen LogP contribution is -2.27. The van der Waals surface area contributed by atoms with Gasteiger partial charge in [-0.25, -0.2) is 0 Å². The van der Waals surface area contributed by atoms with Crippen molar-refractivity contribution in [2.24, 2.45) is 0 Å². The highest BCUT2D eigenvalue weighted by atomic mass is 16.5. The maximum absolute atomic E-state index is 12.0. The SMILES string of the molecule is CCNC(=O)C(C)c1ccc(O[C@@H]2CCN(c3ccc(OC4CCCC4)cc3)C2)cc1. The predicted octanol–water partition coefficient (Wildman–Crippen LogP) is 4.91. The average Bonchev–Trinajstić information content (AvgIpc) is 3.47. The van der Waals surface area contributed by atoms with Gasteiger partial charge in [0, 0.05) is 25.2 Å². The minimum Gasteiger partial charge on any atom is -0.490 e. The van der Waals surface area contributed by atoms with Crippen molar-refractivity contribution in [3.05, 3.63) is 54.1 Å². The average molecular weight is 423 g/mol. The summed E-state index contributed by atoms with van der Waals surface area (Å²) in [5.74, 6) is 1.74. The van der Waals surface area contributed by atoms with E-state index in [1.54, 1.807) is 0 Å². The molecule has 0 radical (unpaired) electrons. The molecule has 2 aliphatic rings. The van der Waals surface area contributed by atoms with Crippen LogP contribution in [-0.2, 0) is 4.79 Å². The van der Waals surface area contributed by atoms with Gasteiger partial charge >= 0.3 is 0 Å². The lowest BCUT2D eigenvalue weighted by atomic mass is 10.0. The molecule has 1 saturated heterocycles. The zero-order valence-electron chi connectivity index (χ0n) is 18.7. The van der Waals surface area contributed by atoms with Crippen LogP contribution in [0.3, 0.4) is 0 Å². The molecule has 31 heavy (non-hydrogen) atoms. The molecular formula is C26H34N2O3. The Morgan fingerprint density at radius 2 is 1.58 bits per heavy atom. The van der Waals surface area contributed by atoms with E-state index in [2.05, 4.69) is 34.5 Å². The number of benzene rings is 2. The number of hydrogen-bond acceptors (Lipinski definition) is 4. The molecule has 1 amide bonds. The van der Waals surface area contributed by atoms with Crippen molar-refractivity contribution >= 4 is 11.6 Å². The van der Waals surface area contributed by atoms with Gasteiger partial charge in [-0.2, -0.15) is 0 Å². The molecule has 0 aromatic heterocycles. The first-order valence-corrected chi connectivity index (χ1v) is 11.7. The number of rotatable bonds is 8. The zero-order valence-corrected chi connectivity index (χ0v) is 18.7. The molecule has 1 unspecified atom stereocenters. The fourth-order valence-electron chi connectivity index (χ4n) is 4.50. The van der Waals surface area contributed by atoms with Gasteiger partial charge in [-0.15, -0.1) is 0 Å². The fourth-order valence-corrected chi connectivity index (χ4v) is 4.50. The van der Waals surface area contributed by atoms with E-state index >= 15 is 0 Å². The molecule has 4 rings (SSSR count). The molecule has 0 bridgehead atoms. The van der Waals surface area contributed by atoms with Crippen molar-refractivity contribution in [3.63, 3.8) is 0 Å². The Morgan fingerprint density at radius 3 is 2.23 bits per heavy atom. The van der Waals surface area contributed by atoms with Crippen LogP contribution in [0.1, 0.15) is 57.4 Å². The summed E-state index contributed by atoms with van der Waals surface area (Å²) in [6.07, 6.45) is 6.49. The molecule has 166 valence electrons. The highest BCUT2D eigenvalue weighted by molar-refractivity contribution is 5.83. The molecule has 5 heteroatoms. The summed E-state index contributed by atoms with van der Waals surface area (Å²) in [5, 5.41) is 2.88. The number of amides is 1. The quantitative estimate of drug-likeness (QED) is 0.657. The third-order valence-electron chi connectivity index (χ3n) is 6.38. The van der Waals surface area contributed by atoms with Crippen molar-refractivity contribution in [1.82, 2.24) is 5.32 Å². The first kappa shape index (κ1) is 21.5. The lowest BCUT2D eigenvalue weighted by molar-refractivity contribution is -0.122. The fraction of sp³-hybridized carbons (Fsp3) is 0.500. The summed E-state index contributed by atoms with van der Waals surface area (Å²) in [6, 6.07) is 16.4. The van der Waals surface area contributed by atoms with Gasteiger partial charge in [0.05, 0.1) is 18.6 Å². The Hall–Kier alpha value is -2.69. The number of nitrogens with one attached hydrogen (secondary N) is 1. The summed E-state index contributed by atoms with van der Waals surface area (Å²) in [5.41, 5.74) is 2.22. The number of ether oxygens (including phenoxy) is 2. The minimum atomic E-state index is -0.156. The molecule has 2 aromatic rings. The van der Waals surface area contributed by atoms with Crippen LogP contribution in [0.15, 0.2) is 48.5 Å². The zero-order chi connectivity index (χ0) is 21.6. The number of likely N-dealkylation sites (N-methyl/N-ethyl adjacent to an activating group) is 1. The van der Waals surface area contributed by atoms with E-state index in [4.69, 9.17) is 9.47 Å². The molecule has 2 fully saturated rings. The summed E-state index contributed by atoms with van der Waals surface area (Å²) in [6.45, 7) is 6.38. The molecule has 0 spiro atoms. The van der Waals surface area contributed by atoms with Gasteiger partial charge in [-0.05, 0) is 81.5 Å². The Labute approximate surface area is 185 Å². The number of carbonyl (C=O) groups is 1. The molecule has 1 heterocycles. The van der Waals surface area contributed by atoms with Crippen LogP contribution in [0.25, 0.3) is 0 Å². The second-order valence-corrected chi connectivity index (χ2v) is 8.68. The monoisotopic (exact) mass is 422 g/mol. The van der Waals surface area contributed by atoms with E-state index in [-0.39, 0.29) is 17.9 Å². The van der Waals surface area contributed by atoms with E-state index in [0.717, 1.165) is 36.6 Å². The third-order valence-corrected chi connectivity index (χ3v) is 6.38. The van der Waals surface area contributed by atoms with Crippen molar-refractivity contribution in [2.45, 2.75) is 64.1 Å². The van der Waals surface area contributed by atoms with Gasteiger partial charge in [0.1, 0.15) is 17.6 Å². The highest BCUT2D eigenvalue weighted by Gasteiger charge is 2.25. The summed E-state index contributed by atoms with van der Waals surface area (Å²) in [4.78, 5) is 14.4. The Kier molecular flexibility index (Phi) is 7.00. The van der Waals surface area contributed by atoms with Gasteiger partial charge in [-0.1, -0.05) is 12.1 Å². The van der Waals surface area contributed by atoms with E-state index in [0.29, 0.717) is 12.6 Å². The molecule has 2 atom stereocenters. The van der Waals surface area contributed by atoms with E-state index in [1.165, 1.54) is 31.4 Å². The van der Waals surface area contributed by atoms with Gasteiger partial charge in [0.2, 0.25) is 5.91 Å². The number of hydrogen-bond donors (Lipinski definition) is 1. The van der Waals surface area contributed by atoms with Crippen LogP contribution in [0.2, 0.25) is 0 Å². The van der Waals surface area contributed by atoms with Crippen molar-refractivity contribution in [2.75, 3.05) is 24.5 Å². The lowest BCUT2D eigenvalue weighted by Gasteiger charge is -2.20. The molecule has 2 aromatic carbocycles. The Balaban J connectivity index is 1.28. The third kappa shape index (κ3) is 5.52. The largest absolute Gasteiger partial charge is 0.490 e. The number of anilines is 1. The van der Waals surface area contributed by atoms with Crippen LogP contribution < -0.4 is 19.7 Å². The molecule has 1 aliphatic heterocycles. The predicted molar refractivity (Wildman–Crippen MR) is 124 cm³/mol. The molecule has 1 saturated carbocycles. The van der Waals surface area contributed by atoms with Crippen molar-refractivity contribution in [3.8, 4) is 11.5 Å². The first-order chi connectivity index (χ1) is 15.1. The molecule has 1 aliphatic carbocycles. The smallest absolute Gasteiger partial charge is 0.227 e. The number of nitrogens with zero attached hydrogens (tertiary/aromatic N) is 1. The highest BCUT2D eigenvalue weighted by Crippen LogP contribution is 2.28. The topological polar surface area (TPSA) is 50.8 Å². The van der Waals surface area contributed by atoms with Gasteiger partial charge in [0.15, 0.2) is 0 Å². The maximum Gasteiger partial charge on any atom is 0.227 e. The second kappa shape index (κ2) is 10.1. The Bertz CT molecular complexity index is 844. The summed E-state index contributed by atoms with van der Waals surface area (Å²) >= 11 is 0. The maximum atomic E-state index is 12.0. The van der Waals surface area contributed by atoms with Crippen LogP contribution in [-0.4, -0.2) is 37.7 Å². The standard InChI is InChI=1S/C26H34N2O3/c1-3-27-26(29)19(2)20-8-12-23(13-9-20)31-25-16-17-28(18-25)21-10-14-24(15-11-21)30-22-6-4-5-7-22/h8-15,19,22,25H,3-7,16-18H2,1-2H3,(H,27,29)/t19?,25-/m1/s1. The van der Waals surface area contributed by atoms with E-state index < -0.39 is 0 Å². The van der Waals surface area contributed by atoms with Crippen LogP contribution in [0, 0.1) is 0 Å². The van der Waals surface area contributed by atoms with Crippen LogP contribution >= 0.6 is 0 Å². The van der Waals surface area contributed by atoms with Crippen molar-refractivity contribution in [1.29, 1.82) is 0 Å². The van der Waals surface area contributed by atoms with Gasteiger partial charge in [-0.3, -0.25) is 4.79 Å². The second-order valence-electron chi connectivity index (χ2n) is 8.68. The minimum absolute atomic E-state index is 0.0577. The Morgan fingerprint density at radius 1 is 0.968 bits per heavy atom. The first-order valence-electron chi connectivity index (χ1n) is 11.7. The normalized spacial score (nSPS) is 19.9. The number of carbonyl (C=O) groups excluding carboxylic acids is 1. The van der Waals surface area contributed by atoms with Gasteiger partial charge in [0.25, 0.3) is 0 Å². The molecule has 1 N–H and O–H groups in total.